The van der Waals surface area contributed by atoms with Gasteiger partial charge in [0.2, 0.25) is 5.88 Å². The number of alkyl halides is 3. The van der Waals surface area contributed by atoms with Crippen LogP contribution >= 0.6 is 11.6 Å². The van der Waals surface area contributed by atoms with Crippen LogP contribution in [0.3, 0.4) is 0 Å². The Morgan fingerprint density at radius 2 is 2.23 bits per heavy atom. The number of hydrogen-bond donors (Lipinski definition) is 0. The van der Waals surface area contributed by atoms with Gasteiger partial charge in [0.05, 0.1) is 0 Å². The van der Waals surface area contributed by atoms with Gasteiger partial charge in [-0.05, 0) is 6.92 Å². The van der Waals surface area contributed by atoms with Gasteiger partial charge in [0.15, 0.2) is 0 Å². The average molecular weight is 214 g/mol. The van der Waals surface area contributed by atoms with Gasteiger partial charge in [-0.2, -0.15) is 5.10 Å². The molecule has 0 spiro atoms. The molecular weight excluding hydrogens is 209 g/mol. The van der Waals surface area contributed by atoms with E-state index in [0.717, 1.165) is 4.68 Å². The minimum absolute atomic E-state index is 0.231. The molecule has 0 N–H and O–H groups in total. The van der Waals surface area contributed by atoms with E-state index in [2.05, 4.69) is 16.0 Å². The summed E-state index contributed by atoms with van der Waals surface area (Å²) in [5, 5.41) is 3.17. The topological polar surface area (TPSA) is 27.1 Å². The molecule has 7 heteroatoms. The standard InChI is InChI=1S/C6H5ClF3N2O/c1-2-12-5(4(7)3-11-12)13-6(8,9)10/h2H2,1H3. The van der Waals surface area contributed by atoms with Gasteiger partial charge in [0.25, 0.3) is 0 Å². The minimum Gasteiger partial charge on any atom is -0.386 e. The fourth-order valence-corrected chi connectivity index (χ4v) is 0.906. The van der Waals surface area contributed by atoms with Crippen LogP contribution in [-0.2, 0) is 6.54 Å². The lowest BCUT2D eigenvalue weighted by molar-refractivity contribution is -0.277. The molecule has 0 bridgehead atoms. The Labute approximate surface area is 77.0 Å². The fourth-order valence-electron chi connectivity index (χ4n) is 0.732. The number of nitrogens with zero attached hydrogens (tertiary/aromatic N) is 2. The molecule has 0 fully saturated rings. The summed E-state index contributed by atoms with van der Waals surface area (Å²) in [5.41, 5.74) is 0. The molecule has 1 heterocycles. The summed E-state index contributed by atoms with van der Waals surface area (Å²) in [5.74, 6) is -0.531. The van der Waals surface area contributed by atoms with E-state index in [1.807, 2.05) is 0 Å². The largest absolute Gasteiger partial charge is 0.574 e. The zero-order chi connectivity index (χ0) is 10.1. The Balaban J connectivity index is 2.92. The first-order chi connectivity index (χ1) is 5.94. The summed E-state index contributed by atoms with van der Waals surface area (Å²) in [7, 11) is 0. The van der Waals surface area contributed by atoms with Gasteiger partial charge in [-0.25, -0.2) is 4.68 Å². The molecule has 1 aromatic rings. The van der Waals surface area contributed by atoms with Crippen molar-refractivity contribution in [3.05, 3.63) is 11.2 Å². The monoisotopic (exact) mass is 213 g/mol. The molecule has 73 valence electrons. The van der Waals surface area contributed by atoms with Gasteiger partial charge in [0, 0.05) is 6.54 Å². The molecule has 1 rings (SSSR count). The van der Waals surface area contributed by atoms with Crippen LogP contribution in [0.4, 0.5) is 13.2 Å². The highest BCUT2D eigenvalue weighted by molar-refractivity contribution is 6.31. The van der Waals surface area contributed by atoms with Gasteiger partial charge < -0.3 is 4.74 Å². The van der Waals surface area contributed by atoms with Crippen LogP contribution in [0.2, 0.25) is 5.02 Å². The summed E-state index contributed by atoms with van der Waals surface area (Å²) in [6, 6.07) is 0. The average Bonchev–Trinajstić information content (AvgIpc) is 2.30. The van der Waals surface area contributed by atoms with E-state index >= 15 is 0 Å². The fraction of sp³-hybridized carbons (Fsp3) is 0.500. The Hall–Kier alpha value is -0.910. The molecule has 3 nitrogen and oxygen atoms in total. The van der Waals surface area contributed by atoms with Gasteiger partial charge in [-0.3, -0.25) is 0 Å². The number of halogens is 4. The minimum atomic E-state index is -4.76. The van der Waals surface area contributed by atoms with Crippen LogP contribution in [0.1, 0.15) is 6.92 Å². The molecule has 1 radical (unpaired) electrons. The molecule has 0 aliphatic carbocycles. The third-order valence-corrected chi connectivity index (χ3v) is 1.45. The molecule has 0 unspecified atom stereocenters. The Bertz CT molecular complexity index is 297. The predicted octanol–water partition coefficient (Wildman–Crippen LogP) is 2.26. The van der Waals surface area contributed by atoms with E-state index in [9.17, 15) is 13.2 Å². The van der Waals surface area contributed by atoms with E-state index < -0.39 is 12.2 Å². The third-order valence-electron chi connectivity index (χ3n) is 1.20. The second-order valence-corrected chi connectivity index (χ2v) is 2.47. The summed E-state index contributed by atoms with van der Waals surface area (Å²) in [4.78, 5) is 0. The normalized spacial score (nSPS) is 11.8. The molecule has 1 aromatic heterocycles. The van der Waals surface area contributed by atoms with Crippen molar-refractivity contribution in [2.24, 2.45) is 0 Å². The summed E-state index contributed by atoms with van der Waals surface area (Å²) < 4.78 is 39.9. The van der Waals surface area contributed by atoms with Gasteiger partial charge in [-0.15, -0.1) is 13.2 Å². The van der Waals surface area contributed by atoms with Crippen molar-refractivity contribution < 1.29 is 17.9 Å². The van der Waals surface area contributed by atoms with Crippen LogP contribution in [0.15, 0.2) is 0 Å². The zero-order valence-corrected chi connectivity index (χ0v) is 7.28. The Kier molecular flexibility index (Phi) is 2.70. The molecule has 0 atom stereocenters. The maximum Gasteiger partial charge on any atom is 0.574 e. The molecule has 0 saturated carbocycles. The van der Waals surface area contributed by atoms with E-state index in [-0.39, 0.29) is 11.6 Å². The van der Waals surface area contributed by atoms with Crippen molar-refractivity contribution >= 4 is 11.6 Å². The van der Waals surface area contributed by atoms with Crippen LogP contribution in [0.25, 0.3) is 0 Å². The highest BCUT2D eigenvalue weighted by Gasteiger charge is 2.33. The van der Waals surface area contributed by atoms with E-state index in [1.54, 1.807) is 6.92 Å². The van der Waals surface area contributed by atoms with Gasteiger partial charge >= 0.3 is 6.36 Å². The van der Waals surface area contributed by atoms with Crippen molar-refractivity contribution in [2.45, 2.75) is 19.8 Å². The van der Waals surface area contributed by atoms with Crippen LogP contribution in [0.5, 0.6) is 5.88 Å². The maximum absolute atomic E-state index is 11.8. The van der Waals surface area contributed by atoms with Crippen molar-refractivity contribution in [3.8, 4) is 5.88 Å². The third kappa shape index (κ3) is 2.51. The van der Waals surface area contributed by atoms with Crippen molar-refractivity contribution in [3.63, 3.8) is 0 Å². The number of aryl methyl sites for hydroxylation is 1. The summed E-state index contributed by atoms with van der Waals surface area (Å²) in [6.07, 6.45) is -2.60. The maximum atomic E-state index is 11.8. The molecule has 0 aromatic carbocycles. The van der Waals surface area contributed by atoms with Crippen LogP contribution in [-0.4, -0.2) is 16.1 Å². The highest BCUT2D eigenvalue weighted by Crippen LogP contribution is 2.29. The SMILES string of the molecule is CCn1n[c]c(Cl)c1OC(F)(F)F. The van der Waals surface area contributed by atoms with E-state index in [4.69, 9.17) is 11.6 Å². The van der Waals surface area contributed by atoms with Gasteiger partial charge in [0.1, 0.15) is 11.2 Å². The first kappa shape index (κ1) is 10.2. The second kappa shape index (κ2) is 3.45. The van der Waals surface area contributed by atoms with E-state index in [0.29, 0.717) is 0 Å². The first-order valence-corrected chi connectivity index (χ1v) is 3.71. The lowest BCUT2D eigenvalue weighted by atomic mass is 10.6. The van der Waals surface area contributed by atoms with E-state index in [1.165, 1.54) is 0 Å². The molecule has 0 saturated heterocycles. The molecule has 0 aliphatic heterocycles. The first-order valence-electron chi connectivity index (χ1n) is 3.33. The summed E-state index contributed by atoms with van der Waals surface area (Å²) >= 11 is 5.37. The number of aromatic nitrogens is 2. The lowest BCUT2D eigenvalue weighted by Crippen LogP contribution is -2.19. The lowest BCUT2D eigenvalue weighted by Gasteiger charge is -2.09. The Morgan fingerprint density at radius 3 is 2.69 bits per heavy atom. The Morgan fingerprint density at radius 1 is 1.62 bits per heavy atom. The van der Waals surface area contributed by atoms with Crippen molar-refractivity contribution in [2.75, 3.05) is 0 Å². The number of ether oxygens (including phenoxy) is 1. The zero-order valence-electron chi connectivity index (χ0n) is 6.52. The highest BCUT2D eigenvalue weighted by atomic mass is 35.5. The molecule has 0 aliphatic rings. The van der Waals surface area contributed by atoms with Crippen molar-refractivity contribution in [1.29, 1.82) is 0 Å². The van der Waals surface area contributed by atoms with Crippen LogP contribution < -0.4 is 4.74 Å². The number of rotatable bonds is 2. The number of hydrogen-bond acceptors (Lipinski definition) is 2. The van der Waals surface area contributed by atoms with Gasteiger partial charge in [-0.1, -0.05) is 11.6 Å². The second-order valence-electron chi connectivity index (χ2n) is 2.09. The summed E-state index contributed by atoms with van der Waals surface area (Å²) in [6.45, 7) is 1.84. The van der Waals surface area contributed by atoms with Crippen molar-refractivity contribution in [1.82, 2.24) is 9.78 Å². The molecule has 13 heavy (non-hydrogen) atoms. The predicted molar refractivity (Wildman–Crippen MR) is 38.4 cm³/mol. The molecule has 0 amide bonds. The quantitative estimate of drug-likeness (QED) is 0.754. The molecular formula is C6H5ClF3N2O. The smallest absolute Gasteiger partial charge is 0.386 e. The van der Waals surface area contributed by atoms with Crippen LogP contribution in [0, 0.1) is 6.20 Å².